The van der Waals surface area contributed by atoms with Crippen LogP contribution in [0.3, 0.4) is 0 Å². The van der Waals surface area contributed by atoms with Gasteiger partial charge >= 0.3 is 0 Å². The van der Waals surface area contributed by atoms with Gasteiger partial charge in [0.2, 0.25) is 5.82 Å². The Hall–Kier alpha value is -2.69. The highest BCUT2D eigenvalue weighted by Gasteiger charge is 2.22. The van der Waals surface area contributed by atoms with Crippen LogP contribution in [0.25, 0.3) is 17.0 Å². The van der Waals surface area contributed by atoms with Crippen molar-refractivity contribution in [3.8, 4) is 17.2 Å². The van der Waals surface area contributed by atoms with Gasteiger partial charge in [-0.1, -0.05) is 25.2 Å². The van der Waals surface area contributed by atoms with Crippen LogP contribution in [0.15, 0.2) is 47.5 Å². The maximum absolute atomic E-state index is 11.2. The Bertz CT molecular complexity index is 831. The highest BCUT2D eigenvalue weighted by molar-refractivity contribution is 5.76. The fourth-order valence-corrected chi connectivity index (χ4v) is 2.92. The monoisotopic (exact) mass is 366 g/mol. The molecule has 1 saturated carbocycles. The lowest BCUT2D eigenvalue weighted by Gasteiger charge is -2.11. The number of ketones is 1. The highest BCUT2D eigenvalue weighted by atomic mass is 16.5. The van der Waals surface area contributed by atoms with E-state index in [1.165, 1.54) is 12.8 Å². The smallest absolute Gasteiger partial charge is 0.258 e. The predicted molar refractivity (Wildman–Crippen MR) is 105 cm³/mol. The molecule has 1 aromatic heterocycles. The van der Waals surface area contributed by atoms with Crippen LogP contribution in [0.2, 0.25) is 0 Å². The minimum absolute atomic E-state index is 0.173. The molecule has 1 unspecified atom stereocenters. The fourth-order valence-electron chi connectivity index (χ4n) is 2.92. The molecule has 1 heterocycles. The summed E-state index contributed by atoms with van der Waals surface area (Å²) in [5.74, 6) is 2.82. The van der Waals surface area contributed by atoms with Crippen LogP contribution in [0.5, 0.6) is 5.75 Å². The van der Waals surface area contributed by atoms with Gasteiger partial charge in [-0.3, -0.25) is 0 Å². The third-order valence-electron chi connectivity index (χ3n) is 4.64. The molecule has 27 heavy (non-hydrogen) atoms. The number of aromatic nitrogens is 2. The summed E-state index contributed by atoms with van der Waals surface area (Å²) in [6.45, 7) is 12.5. The first-order valence-electron chi connectivity index (χ1n) is 9.36. The Morgan fingerprint density at radius 2 is 1.96 bits per heavy atom. The van der Waals surface area contributed by atoms with Crippen LogP contribution in [0.4, 0.5) is 0 Å². The molecule has 0 spiro atoms. The molecule has 142 valence electrons. The van der Waals surface area contributed by atoms with Crippen molar-refractivity contribution in [2.24, 2.45) is 11.8 Å². The fraction of sp³-hybridized carbons (Fsp3) is 0.409. The van der Waals surface area contributed by atoms with Crippen LogP contribution in [0.1, 0.15) is 45.4 Å². The molecule has 0 saturated heterocycles. The summed E-state index contributed by atoms with van der Waals surface area (Å²) in [7, 11) is 0. The first-order valence-corrected chi connectivity index (χ1v) is 9.36. The molecule has 1 aliphatic rings. The van der Waals surface area contributed by atoms with E-state index >= 15 is 0 Å². The van der Waals surface area contributed by atoms with Gasteiger partial charge in [0.25, 0.3) is 5.89 Å². The molecule has 1 fully saturated rings. The van der Waals surface area contributed by atoms with Crippen molar-refractivity contribution in [3.63, 3.8) is 0 Å². The number of rotatable bonds is 10. The van der Waals surface area contributed by atoms with Crippen molar-refractivity contribution in [2.75, 3.05) is 6.61 Å². The Labute approximate surface area is 160 Å². The lowest BCUT2D eigenvalue weighted by Crippen LogP contribution is -2.03. The third kappa shape index (κ3) is 5.39. The Balaban J connectivity index is 1.60. The second kappa shape index (κ2) is 8.33. The van der Waals surface area contributed by atoms with Crippen molar-refractivity contribution >= 4 is 11.4 Å². The summed E-state index contributed by atoms with van der Waals surface area (Å²) in [5.41, 5.74) is 2.29. The molecular formula is C22H26N2O3. The summed E-state index contributed by atoms with van der Waals surface area (Å²) in [6, 6.07) is 7.65. The minimum Gasteiger partial charge on any atom is -0.493 e. The van der Waals surface area contributed by atoms with Crippen molar-refractivity contribution in [2.45, 2.75) is 39.5 Å². The van der Waals surface area contributed by atoms with Crippen molar-refractivity contribution in [3.05, 3.63) is 48.8 Å². The summed E-state index contributed by atoms with van der Waals surface area (Å²) in [6.07, 6.45) is 3.74. The lowest BCUT2D eigenvalue weighted by molar-refractivity contribution is -0.117. The molecule has 0 radical (unpaired) electrons. The molecule has 5 nitrogen and oxygen atoms in total. The number of hydrogen-bond acceptors (Lipinski definition) is 5. The van der Waals surface area contributed by atoms with Gasteiger partial charge in [-0.15, -0.1) is 0 Å². The molecule has 1 atom stereocenters. The second-order valence-corrected chi connectivity index (χ2v) is 7.50. The lowest BCUT2D eigenvalue weighted by atomic mass is 9.93. The molecular weight excluding hydrogens is 340 g/mol. The molecule has 0 aliphatic heterocycles. The summed E-state index contributed by atoms with van der Waals surface area (Å²) in [5, 5.41) is 4.03. The van der Waals surface area contributed by atoms with E-state index in [1.807, 2.05) is 31.2 Å². The summed E-state index contributed by atoms with van der Waals surface area (Å²) < 4.78 is 11.1. The van der Waals surface area contributed by atoms with Crippen LogP contribution in [0, 0.1) is 11.8 Å². The average Bonchev–Trinajstić information content (AvgIpc) is 3.33. The Morgan fingerprint density at radius 1 is 1.26 bits per heavy atom. The minimum atomic E-state index is 0.173. The molecule has 1 aliphatic carbocycles. The zero-order valence-electron chi connectivity index (χ0n) is 16.0. The van der Waals surface area contributed by atoms with Crippen LogP contribution in [-0.4, -0.2) is 22.5 Å². The van der Waals surface area contributed by atoms with Gasteiger partial charge in [0, 0.05) is 17.6 Å². The van der Waals surface area contributed by atoms with E-state index in [0.29, 0.717) is 30.1 Å². The Kier molecular flexibility index (Phi) is 5.89. The van der Waals surface area contributed by atoms with Gasteiger partial charge in [-0.2, -0.15) is 4.98 Å². The third-order valence-corrected chi connectivity index (χ3v) is 4.64. The zero-order chi connectivity index (χ0) is 19.4. The van der Waals surface area contributed by atoms with Crippen molar-refractivity contribution in [1.29, 1.82) is 0 Å². The number of hydrogen-bond donors (Lipinski definition) is 0. The standard InChI is InChI=1S/C22H26N2O3/c1-14(12-16(3)25)11-15(2)17(4)21-23-22(27-24-21)19-7-9-20(10-8-19)26-13-18-5-6-18/h7-10,14,18H,2,4-6,11-13H2,1,3H3. The second-order valence-electron chi connectivity index (χ2n) is 7.50. The first-order chi connectivity index (χ1) is 12.9. The van der Waals surface area contributed by atoms with Gasteiger partial charge in [0.05, 0.1) is 6.61 Å². The number of carbonyl (C=O) groups excluding carboxylic acids is 1. The van der Waals surface area contributed by atoms with E-state index in [-0.39, 0.29) is 11.7 Å². The molecule has 1 aromatic carbocycles. The maximum atomic E-state index is 11.2. The number of Topliss-reactive ketones (excluding diaryl/α,β-unsaturated/α-hetero) is 1. The van der Waals surface area contributed by atoms with E-state index in [9.17, 15) is 4.79 Å². The van der Waals surface area contributed by atoms with E-state index in [4.69, 9.17) is 9.26 Å². The van der Waals surface area contributed by atoms with Crippen LogP contribution < -0.4 is 4.74 Å². The number of nitrogens with zero attached hydrogens (tertiary/aromatic N) is 2. The normalized spacial score (nSPS) is 14.6. The number of carbonyl (C=O) groups is 1. The topological polar surface area (TPSA) is 65.2 Å². The summed E-state index contributed by atoms with van der Waals surface area (Å²) in [4.78, 5) is 15.7. The van der Waals surface area contributed by atoms with Crippen molar-refractivity contribution in [1.82, 2.24) is 10.1 Å². The molecule has 5 heteroatoms. The first kappa shape index (κ1) is 19.1. The quantitative estimate of drug-likeness (QED) is 0.547. The van der Waals surface area contributed by atoms with E-state index < -0.39 is 0 Å². The summed E-state index contributed by atoms with van der Waals surface area (Å²) >= 11 is 0. The number of benzene rings is 1. The van der Waals surface area contributed by atoms with Crippen LogP contribution in [-0.2, 0) is 4.79 Å². The van der Waals surface area contributed by atoms with Gasteiger partial charge in [0.15, 0.2) is 0 Å². The van der Waals surface area contributed by atoms with E-state index in [1.54, 1.807) is 6.92 Å². The van der Waals surface area contributed by atoms with Gasteiger partial charge < -0.3 is 14.1 Å². The maximum Gasteiger partial charge on any atom is 0.258 e. The largest absolute Gasteiger partial charge is 0.493 e. The van der Waals surface area contributed by atoms with Gasteiger partial charge in [-0.25, -0.2) is 0 Å². The molecule has 0 amide bonds. The van der Waals surface area contributed by atoms with Crippen LogP contribution >= 0.6 is 0 Å². The predicted octanol–water partition coefficient (Wildman–Crippen LogP) is 5.10. The molecule has 0 N–H and O–H groups in total. The molecule has 2 aromatic rings. The molecule has 3 rings (SSSR count). The zero-order valence-corrected chi connectivity index (χ0v) is 16.0. The number of allylic oxidation sites excluding steroid dienone is 2. The van der Waals surface area contributed by atoms with Gasteiger partial charge in [-0.05, 0) is 67.9 Å². The average molecular weight is 366 g/mol. The van der Waals surface area contributed by atoms with E-state index in [2.05, 4.69) is 23.3 Å². The number of ether oxygens (including phenoxy) is 1. The van der Waals surface area contributed by atoms with Gasteiger partial charge in [0.1, 0.15) is 11.5 Å². The SMILES string of the molecule is C=C(CC(C)CC(C)=O)C(=C)c1noc(-c2ccc(OCC3CC3)cc2)n1. The Morgan fingerprint density at radius 3 is 2.59 bits per heavy atom. The van der Waals surface area contributed by atoms with Crippen molar-refractivity contribution < 1.29 is 14.1 Å². The van der Waals surface area contributed by atoms with E-state index in [0.717, 1.165) is 29.4 Å². The highest BCUT2D eigenvalue weighted by Crippen LogP contribution is 2.30. The molecule has 0 bridgehead atoms.